The van der Waals surface area contributed by atoms with Crippen LogP contribution in [0, 0.1) is 0 Å². The number of aliphatic hydroxyl groups is 1. The number of β-amino-alcohol motifs (C(OH)–C–C–N with tert-alkyl or cyclic N) is 1. The maximum Gasteiger partial charge on any atom is 0.573 e. The van der Waals surface area contributed by atoms with E-state index in [-0.39, 0.29) is 24.1 Å². The molecule has 192 valence electrons. The predicted octanol–water partition coefficient (Wildman–Crippen LogP) is 7.03. The van der Waals surface area contributed by atoms with E-state index in [0.717, 1.165) is 11.3 Å². The minimum absolute atomic E-state index is 0.197. The molecular formula is C26H23F6NO3. The van der Waals surface area contributed by atoms with E-state index in [1.54, 1.807) is 31.2 Å². The SMILES string of the molecule is C[C@@H](O)CN1c2cccc(-c3cccc(OC(F)(F)F)c3)c2CC[C@@H]1c1cccc(OC(F)(F)F)c1. The molecule has 0 radical (unpaired) electrons. The van der Waals surface area contributed by atoms with Crippen LogP contribution in [0.2, 0.25) is 0 Å². The number of hydrogen-bond donors (Lipinski definition) is 1. The highest BCUT2D eigenvalue weighted by Gasteiger charge is 2.34. The lowest BCUT2D eigenvalue weighted by Crippen LogP contribution is -2.38. The lowest BCUT2D eigenvalue weighted by molar-refractivity contribution is -0.275. The summed E-state index contributed by atoms with van der Waals surface area (Å²) in [6.07, 6.45) is -9.37. The molecule has 0 saturated carbocycles. The van der Waals surface area contributed by atoms with Gasteiger partial charge in [0.05, 0.1) is 12.1 Å². The van der Waals surface area contributed by atoms with Gasteiger partial charge in [-0.15, -0.1) is 26.3 Å². The van der Waals surface area contributed by atoms with Crippen molar-refractivity contribution in [2.75, 3.05) is 11.4 Å². The van der Waals surface area contributed by atoms with Crippen LogP contribution < -0.4 is 14.4 Å². The average Bonchev–Trinajstić information content (AvgIpc) is 2.76. The number of rotatable bonds is 6. The number of benzene rings is 3. The molecule has 0 saturated heterocycles. The van der Waals surface area contributed by atoms with Gasteiger partial charge in [-0.25, -0.2) is 0 Å². The number of alkyl halides is 6. The Morgan fingerprint density at radius 3 is 2.14 bits per heavy atom. The summed E-state index contributed by atoms with van der Waals surface area (Å²) >= 11 is 0. The number of hydrogen-bond acceptors (Lipinski definition) is 4. The topological polar surface area (TPSA) is 41.9 Å². The Hall–Kier alpha value is -3.40. The number of fused-ring (bicyclic) bond motifs is 1. The zero-order valence-corrected chi connectivity index (χ0v) is 19.1. The second kappa shape index (κ2) is 9.93. The first-order chi connectivity index (χ1) is 16.9. The molecule has 0 aliphatic carbocycles. The van der Waals surface area contributed by atoms with Crippen molar-refractivity contribution < 1.29 is 40.9 Å². The quantitative estimate of drug-likeness (QED) is 0.361. The third-order valence-electron chi connectivity index (χ3n) is 5.82. The van der Waals surface area contributed by atoms with Gasteiger partial charge in [0.25, 0.3) is 0 Å². The van der Waals surface area contributed by atoms with E-state index in [1.165, 1.54) is 36.4 Å². The molecule has 0 aromatic heterocycles. The van der Waals surface area contributed by atoms with Crippen molar-refractivity contribution >= 4 is 5.69 Å². The number of anilines is 1. The number of aliphatic hydroxyl groups excluding tert-OH is 1. The summed E-state index contributed by atoms with van der Waals surface area (Å²) in [5.41, 5.74) is 3.44. The molecule has 4 rings (SSSR count). The molecule has 0 unspecified atom stereocenters. The van der Waals surface area contributed by atoms with Crippen LogP contribution in [0.25, 0.3) is 11.1 Å². The van der Waals surface area contributed by atoms with Crippen LogP contribution in [0.3, 0.4) is 0 Å². The number of ether oxygens (including phenoxy) is 2. The molecule has 10 heteroatoms. The van der Waals surface area contributed by atoms with Crippen LogP contribution in [-0.4, -0.2) is 30.5 Å². The molecule has 3 aromatic rings. The minimum atomic E-state index is -4.82. The summed E-state index contributed by atoms with van der Waals surface area (Å²) in [5, 5.41) is 10.2. The third kappa shape index (κ3) is 6.23. The van der Waals surface area contributed by atoms with Gasteiger partial charge in [-0.1, -0.05) is 36.4 Å². The molecule has 1 aliphatic heterocycles. The first kappa shape index (κ1) is 25.7. The van der Waals surface area contributed by atoms with Gasteiger partial charge in [0.2, 0.25) is 0 Å². The third-order valence-corrected chi connectivity index (χ3v) is 5.82. The summed E-state index contributed by atoms with van der Waals surface area (Å²) in [7, 11) is 0. The lowest BCUT2D eigenvalue weighted by Gasteiger charge is -2.41. The molecule has 0 amide bonds. The van der Waals surface area contributed by atoms with Crippen molar-refractivity contribution in [1.82, 2.24) is 0 Å². The van der Waals surface area contributed by atoms with Crippen molar-refractivity contribution in [3.8, 4) is 22.6 Å². The maximum absolute atomic E-state index is 12.7. The fraction of sp³-hybridized carbons (Fsp3) is 0.308. The van der Waals surface area contributed by atoms with Crippen molar-refractivity contribution in [2.24, 2.45) is 0 Å². The van der Waals surface area contributed by atoms with E-state index < -0.39 is 18.8 Å². The predicted molar refractivity (Wildman–Crippen MR) is 122 cm³/mol. The maximum atomic E-state index is 12.7. The van der Waals surface area contributed by atoms with E-state index in [2.05, 4.69) is 9.47 Å². The summed E-state index contributed by atoms with van der Waals surface area (Å²) in [6.45, 7) is 1.80. The molecule has 36 heavy (non-hydrogen) atoms. The molecule has 2 atom stereocenters. The Bertz CT molecular complexity index is 1210. The summed E-state index contributed by atoms with van der Waals surface area (Å²) < 4.78 is 84.6. The van der Waals surface area contributed by atoms with Crippen LogP contribution in [-0.2, 0) is 6.42 Å². The van der Waals surface area contributed by atoms with Crippen LogP contribution >= 0.6 is 0 Å². The van der Waals surface area contributed by atoms with Gasteiger partial charge >= 0.3 is 12.7 Å². The van der Waals surface area contributed by atoms with E-state index in [1.807, 2.05) is 11.0 Å². The Kier molecular flexibility index (Phi) is 7.08. The monoisotopic (exact) mass is 511 g/mol. The largest absolute Gasteiger partial charge is 0.573 e. The zero-order chi connectivity index (χ0) is 26.1. The summed E-state index contributed by atoms with van der Waals surface area (Å²) in [4.78, 5) is 1.91. The fourth-order valence-electron chi connectivity index (χ4n) is 4.62. The van der Waals surface area contributed by atoms with Crippen LogP contribution in [0.5, 0.6) is 11.5 Å². The highest BCUT2D eigenvalue weighted by Crippen LogP contribution is 2.44. The molecule has 1 aliphatic rings. The second-order valence-corrected chi connectivity index (χ2v) is 8.56. The van der Waals surface area contributed by atoms with Crippen molar-refractivity contribution in [2.45, 2.75) is 44.6 Å². The van der Waals surface area contributed by atoms with E-state index in [4.69, 9.17) is 0 Å². The standard InChI is InChI=1S/C26H23F6NO3/c1-16(34)15-33-23(18-6-3-8-20(14-18)36-26(30,31)32)12-11-22-21(9-4-10-24(22)33)17-5-2-7-19(13-17)35-25(27,28)29/h2-10,13-14,16,23,34H,11-12,15H2,1H3/t16-,23-/m1/s1. The first-order valence-electron chi connectivity index (χ1n) is 11.2. The molecule has 0 bridgehead atoms. The van der Waals surface area contributed by atoms with E-state index >= 15 is 0 Å². The highest BCUT2D eigenvalue weighted by molar-refractivity contribution is 5.76. The smallest absolute Gasteiger partial charge is 0.406 e. The normalized spacial score (nSPS) is 16.9. The molecule has 1 N–H and O–H groups in total. The zero-order valence-electron chi connectivity index (χ0n) is 19.1. The van der Waals surface area contributed by atoms with Crippen molar-refractivity contribution in [3.63, 3.8) is 0 Å². The average molecular weight is 511 g/mol. The fourth-order valence-corrected chi connectivity index (χ4v) is 4.62. The summed E-state index contributed by atoms with van der Waals surface area (Å²) in [6, 6.07) is 16.5. The Morgan fingerprint density at radius 1 is 0.889 bits per heavy atom. The minimum Gasteiger partial charge on any atom is -0.406 e. The van der Waals surface area contributed by atoms with Crippen molar-refractivity contribution in [3.05, 3.63) is 77.9 Å². The van der Waals surface area contributed by atoms with Crippen LogP contribution in [0.4, 0.5) is 32.0 Å². The summed E-state index contributed by atoms with van der Waals surface area (Å²) in [5.74, 6) is -0.674. The van der Waals surface area contributed by atoms with Gasteiger partial charge in [-0.2, -0.15) is 0 Å². The molecule has 3 aromatic carbocycles. The van der Waals surface area contributed by atoms with Gasteiger partial charge in [0, 0.05) is 12.2 Å². The van der Waals surface area contributed by atoms with Crippen LogP contribution in [0.1, 0.15) is 30.5 Å². The first-order valence-corrected chi connectivity index (χ1v) is 11.2. The van der Waals surface area contributed by atoms with Crippen molar-refractivity contribution in [1.29, 1.82) is 0 Å². The Balaban J connectivity index is 1.72. The molecule has 0 fully saturated rings. The van der Waals surface area contributed by atoms with Gasteiger partial charge < -0.3 is 19.5 Å². The number of halogens is 6. The van der Waals surface area contributed by atoms with Gasteiger partial charge in [-0.05, 0) is 72.4 Å². The Morgan fingerprint density at radius 2 is 1.50 bits per heavy atom. The molecule has 0 spiro atoms. The second-order valence-electron chi connectivity index (χ2n) is 8.56. The van der Waals surface area contributed by atoms with Gasteiger partial charge in [-0.3, -0.25) is 0 Å². The van der Waals surface area contributed by atoms with Gasteiger partial charge in [0.1, 0.15) is 11.5 Å². The molecular weight excluding hydrogens is 488 g/mol. The highest BCUT2D eigenvalue weighted by atomic mass is 19.4. The number of nitrogens with zero attached hydrogens (tertiary/aromatic N) is 1. The van der Waals surface area contributed by atoms with Gasteiger partial charge in [0.15, 0.2) is 0 Å². The lowest BCUT2D eigenvalue weighted by atomic mass is 9.86. The Labute approximate surface area is 203 Å². The molecule has 1 heterocycles. The van der Waals surface area contributed by atoms with Crippen LogP contribution in [0.15, 0.2) is 66.7 Å². The molecule has 4 nitrogen and oxygen atoms in total. The van der Waals surface area contributed by atoms with E-state index in [9.17, 15) is 31.4 Å². The van der Waals surface area contributed by atoms with E-state index in [0.29, 0.717) is 29.5 Å².